The molecule has 7 nitrogen and oxygen atoms in total. The standard InChI is InChI=1S/C28H38N2O5/c1-6-8-9-10-17-29-25-20-23(30(32)33)14-15-24(25)26(27(28(29)31)34-18-7-2)35-19-16-22(5)13-11-12-21(3)4/h7,12,14-16,20H,2,6,8-11,13,17-19H2,1,3-5H3/b22-16+. The summed E-state index contributed by atoms with van der Waals surface area (Å²) >= 11 is 0. The van der Waals surface area contributed by atoms with Crippen LogP contribution in [0.25, 0.3) is 10.9 Å². The second kappa shape index (κ2) is 14.1. The van der Waals surface area contributed by atoms with Gasteiger partial charge in [0.15, 0.2) is 5.75 Å². The van der Waals surface area contributed by atoms with Gasteiger partial charge in [0, 0.05) is 24.1 Å². The largest absolute Gasteiger partial charge is 0.485 e. The quantitative estimate of drug-likeness (QED) is 0.117. The summed E-state index contributed by atoms with van der Waals surface area (Å²) in [5.41, 5.74) is 2.52. The molecule has 1 heterocycles. The first-order chi connectivity index (χ1) is 16.8. The SMILES string of the molecule is C=CCOc1c(OC/C=C(\C)CCC=C(C)C)c2ccc([N+](=O)[O-])cc2n(CCCCCC)c1=O. The van der Waals surface area contributed by atoms with E-state index in [1.165, 1.54) is 23.3 Å². The van der Waals surface area contributed by atoms with Crippen LogP contribution in [0.15, 0.2) is 58.9 Å². The molecule has 0 aliphatic carbocycles. The van der Waals surface area contributed by atoms with Crippen molar-refractivity contribution < 1.29 is 14.4 Å². The van der Waals surface area contributed by atoms with Crippen LogP contribution in [-0.2, 0) is 6.54 Å². The minimum atomic E-state index is -0.452. The zero-order valence-electron chi connectivity index (χ0n) is 21.5. The number of nitro groups is 1. The highest BCUT2D eigenvalue weighted by Crippen LogP contribution is 2.35. The van der Waals surface area contributed by atoms with Gasteiger partial charge >= 0.3 is 0 Å². The van der Waals surface area contributed by atoms with E-state index in [1.54, 1.807) is 16.7 Å². The number of hydrogen-bond donors (Lipinski definition) is 0. The van der Waals surface area contributed by atoms with Crippen LogP contribution in [-0.4, -0.2) is 22.7 Å². The molecule has 0 saturated carbocycles. The van der Waals surface area contributed by atoms with Gasteiger partial charge in [-0.15, -0.1) is 0 Å². The van der Waals surface area contributed by atoms with Gasteiger partial charge in [0.25, 0.3) is 11.2 Å². The van der Waals surface area contributed by atoms with Gasteiger partial charge in [-0.1, -0.05) is 56.1 Å². The fourth-order valence-corrected chi connectivity index (χ4v) is 3.79. The van der Waals surface area contributed by atoms with Crippen LogP contribution in [0, 0.1) is 10.1 Å². The highest BCUT2D eigenvalue weighted by molar-refractivity contribution is 5.89. The van der Waals surface area contributed by atoms with E-state index >= 15 is 0 Å². The van der Waals surface area contributed by atoms with Crippen molar-refractivity contribution >= 4 is 16.6 Å². The molecule has 0 atom stereocenters. The zero-order chi connectivity index (χ0) is 25.8. The molecule has 0 fully saturated rings. The van der Waals surface area contributed by atoms with Crippen molar-refractivity contribution in [3.63, 3.8) is 0 Å². The molecule has 2 aromatic rings. The van der Waals surface area contributed by atoms with Crippen molar-refractivity contribution in [2.75, 3.05) is 13.2 Å². The summed E-state index contributed by atoms with van der Waals surface area (Å²) in [6.45, 7) is 12.9. The van der Waals surface area contributed by atoms with Gasteiger partial charge in [-0.05, 0) is 52.2 Å². The summed E-state index contributed by atoms with van der Waals surface area (Å²) in [6, 6.07) is 4.51. The lowest BCUT2D eigenvalue weighted by atomic mass is 10.1. The first kappa shape index (κ1) is 27.9. The molecule has 190 valence electrons. The minimum Gasteiger partial charge on any atom is -0.485 e. The molecule has 1 aromatic carbocycles. The van der Waals surface area contributed by atoms with Gasteiger partial charge in [0.1, 0.15) is 13.2 Å². The van der Waals surface area contributed by atoms with Crippen molar-refractivity contribution in [3.8, 4) is 11.5 Å². The number of hydrogen-bond acceptors (Lipinski definition) is 5. The van der Waals surface area contributed by atoms with Gasteiger partial charge in [-0.3, -0.25) is 14.9 Å². The third-order valence-electron chi connectivity index (χ3n) is 5.70. The molecule has 0 spiro atoms. The molecule has 7 heteroatoms. The Bertz CT molecular complexity index is 1140. The van der Waals surface area contributed by atoms with E-state index in [1.807, 2.05) is 13.0 Å². The van der Waals surface area contributed by atoms with Crippen molar-refractivity contribution in [2.45, 2.75) is 72.8 Å². The molecule has 0 unspecified atom stereocenters. The van der Waals surface area contributed by atoms with E-state index in [2.05, 4.69) is 33.4 Å². The molecule has 0 aliphatic heterocycles. The van der Waals surface area contributed by atoms with E-state index in [4.69, 9.17) is 9.47 Å². The third-order valence-corrected chi connectivity index (χ3v) is 5.70. The number of aryl methyl sites for hydroxylation is 1. The number of aromatic nitrogens is 1. The van der Waals surface area contributed by atoms with Crippen molar-refractivity contribution in [3.05, 3.63) is 74.6 Å². The molecule has 0 bridgehead atoms. The molecule has 0 N–H and O–H groups in total. The van der Waals surface area contributed by atoms with Crippen molar-refractivity contribution in [1.29, 1.82) is 0 Å². The number of nitrogens with zero attached hydrogens (tertiary/aromatic N) is 2. The Morgan fingerprint density at radius 1 is 1.09 bits per heavy atom. The Kier molecular flexibility index (Phi) is 11.3. The molecule has 0 saturated heterocycles. The lowest BCUT2D eigenvalue weighted by Gasteiger charge is -2.18. The predicted molar refractivity (Wildman–Crippen MR) is 143 cm³/mol. The van der Waals surface area contributed by atoms with Gasteiger partial charge in [-0.25, -0.2) is 0 Å². The maximum Gasteiger partial charge on any atom is 0.297 e. The Morgan fingerprint density at radius 2 is 1.83 bits per heavy atom. The summed E-state index contributed by atoms with van der Waals surface area (Å²) in [6.07, 6.45) is 11.5. The molecular weight excluding hydrogens is 444 g/mol. The number of benzene rings is 1. The van der Waals surface area contributed by atoms with Gasteiger partial charge in [0.05, 0.1) is 10.4 Å². The normalized spacial score (nSPS) is 11.4. The molecule has 0 aliphatic rings. The summed E-state index contributed by atoms with van der Waals surface area (Å²) in [5, 5.41) is 12.1. The average Bonchev–Trinajstić information content (AvgIpc) is 2.82. The van der Waals surface area contributed by atoms with E-state index in [9.17, 15) is 14.9 Å². The highest BCUT2D eigenvalue weighted by atomic mass is 16.6. The summed E-state index contributed by atoms with van der Waals surface area (Å²) in [5.74, 6) is 0.414. The van der Waals surface area contributed by atoms with Crippen LogP contribution in [0.3, 0.4) is 0 Å². The van der Waals surface area contributed by atoms with Crippen LogP contribution >= 0.6 is 0 Å². The van der Waals surface area contributed by atoms with Gasteiger partial charge in [0.2, 0.25) is 5.75 Å². The molecule has 0 amide bonds. The number of pyridine rings is 1. The number of rotatable bonds is 15. The van der Waals surface area contributed by atoms with E-state index in [-0.39, 0.29) is 30.2 Å². The lowest BCUT2D eigenvalue weighted by molar-refractivity contribution is -0.384. The van der Waals surface area contributed by atoms with Crippen molar-refractivity contribution in [1.82, 2.24) is 4.57 Å². The Hall–Kier alpha value is -3.35. The first-order valence-electron chi connectivity index (χ1n) is 12.3. The molecule has 35 heavy (non-hydrogen) atoms. The van der Waals surface area contributed by atoms with E-state index in [0.29, 0.717) is 23.2 Å². The summed E-state index contributed by atoms with van der Waals surface area (Å²) in [4.78, 5) is 24.5. The number of non-ortho nitro benzene ring substituents is 1. The monoisotopic (exact) mass is 482 g/mol. The van der Waals surface area contributed by atoms with Crippen LogP contribution in [0.5, 0.6) is 11.5 Å². The van der Waals surface area contributed by atoms with Crippen LogP contribution in [0.1, 0.15) is 66.2 Å². The number of nitro benzene ring substituents is 1. The topological polar surface area (TPSA) is 83.6 Å². The average molecular weight is 483 g/mol. The van der Waals surface area contributed by atoms with Crippen LogP contribution < -0.4 is 15.0 Å². The maximum absolute atomic E-state index is 13.5. The molecule has 0 radical (unpaired) electrons. The number of unbranched alkanes of at least 4 members (excludes halogenated alkanes) is 3. The molecule has 1 aromatic heterocycles. The maximum atomic E-state index is 13.5. The fourth-order valence-electron chi connectivity index (χ4n) is 3.79. The van der Waals surface area contributed by atoms with Crippen LogP contribution in [0.2, 0.25) is 0 Å². The summed E-state index contributed by atoms with van der Waals surface area (Å²) in [7, 11) is 0. The second-order valence-corrected chi connectivity index (χ2v) is 8.92. The second-order valence-electron chi connectivity index (χ2n) is 8.92. The molecular formula is C28H38N2O5. The van der Waals surface area contributed by atoms with Gasteiger partial charge in [-0.2, -0.15) is 0 Å². The van der Waals surface area contributed by atoms with Crippen molar-refractivity contribution in [2.24, 2.45) is 0 Å². The van der Waals surface area contributed by atoms with E-state index < -0.39 is 4.92 Å². The van der Waals surface area contributed by atoms with Crippen LogP contribution in [0.4, 0.5) is 5.69 Å². The highest BCUT2D eigenvalue weighted by Gasteiger charge is 2.21. The predicted octanol–water partition coefficient (Wildman–Crippen LogP) is 7.13. The first-order valence-corrected chi connectivity index (χ1v) is 12.3. The minimum absolute atomic E-state index is 0.0695. The molecule has 2 rings (SSSR count). The number of ether oxygens (including phenoxy) is 2. The number of allylic oxidation sites excluding steroid dienone is 3. The van der Waals surface area contributed by atoms with E-state index in [0.717, 1.165) is 38.5 Å². The Labute approximate surface area is 207 Å². The lowest BCUT2D eigenvalue weighted by Crippen LogP contribution is -2.24. The fraction of sp³-hybridized carbons (Fsp3) is 0.464. The Balaban J connectivity index is 2.51. The summed E-state index contributed by atoms with van der Waals surface area (Å²) < 4.78 is 13.4. The zero-order valence-corrected chi connectivity index (χ0v) is 21.5. The third kappa shape index (κ3) is 8.12. The smallest absolute Gasteiger partial charge is 0.297 e. The Morgan fingerprint density at radius 3 is 2.49 bits per heavy atom. The van der Waals surface area contributed by atoms with Gasteiger partial charge < -0.3 is 14.0 Å². The number of fused-ring (bicyclic) bond motifs is 1.